The summed E-state index contributed by atoms with van der Waals surface area (Å²) < 4.78 is 0. The molecule has 0 spiro atoms. The molecule has 3 rings (SSSR count). The van der Waals surface area contributed by atoms with E-state index in [1.54, 1.807) is 0 Å². The van der Waals surface area contributed by atoms with Crippen molar-refractivity contribution in [3.05, 3.63) is 0 Å². The van der Waals surface area contributed by atoms with Gasteiger partial charge in [0.25, 0.3) is 0 Å². The van der Waals surface area contributed by atoms with Crippen molar-refractivity contribution in [3.8, 4) is 0 Å². The first-order valence-corrected chi connectivity index (χ1v) is 8.99. The Morgan fingerprint density at radius 1 is 0.909 bits per heavy atom. The zero-order chi connectivity index (χ0) is 15.5. The van der Waals surface area contributed by atoms with Crippen LogP contribution in [0.25, 0.3) is 0 Å². The molecule has 0 aromatic heterocycles. The van der Waals surface area contributed by atoms with E-state index in [4.69, 9.17) is 0 Å². The second-order valence-electron chi connectivity index (χ2n) is 7.09. The van der Waals surface area contributed by atoms with E-state index in [0.29, 0.717) is 11.9 Å². The minimum Gasteiger partial charge on any atom is -0.353 e. The summed E-state index contributed by atoms with van der Waals surface area (Å²) in [6.45, 7) is 6.99. The first-order valence-electron chi connectivity index (χ1n) is 8.99. The molecule has 0 unspecified atom stereocenters. The first kappa shape index (κ1) is 15.8. The van der Waals surface area contributed by atoms with E-state index < -0.39 is 0 Å². The zero-order valence-electron chi connectivity index (χ0n) is 13.7. The minimum atomic E-state index is 0.140. The fourth-order valence-electron chi connectivity index (χ4n) is 3.69. The predicted octanol–water partition coefficient (Wildman–Crippen LogP) is 1.24. The largest absolute Gasteiger partial charge is 0.353 e. The van der Waals surface area contributed by atoms with Gasteiger partial charge in [-0.1, -0.05) is 6.92 Å². The molecular weight excluding hydrogens is 278 g/mol. The van der Waals surface area contributed by atoms with E-state index in [0.717, 1.165) is 71.2 Å². The number of rotatable bonds is 4. The molecular formula is C17H29N3O2. The van der Waals surface area contributed by atoms with E-state index in [1.807, 2.05) is 4.90 Å². The summed E-state index contributed by atoms with van der Waals surface area (Å²) in [5, 5.41) is 3.10. The molecule has 0 radical (unpaired) electrons. The Labute approximate surface area is 133 Å². The highest BCUT2D eigenvalue weighted by atomic mass is 16.2. The van der Waals surface area contributed by atoms with E-state index in [1.165, 1.54) is 0 Å². The van der Waals surface area contributed by atoms with Crippen molar-refractivity contribution >= 4 is 11.8 Å². The number of piperazine rings is 1. The maximum absolute atomic E-state index is 12.6. The number of carbonyl (C=O) groups is 2. The molecule has 0 bridgehead atoms. The smallest absolute Gasteiger partial charge is 0.225 e. The van der Waals surface area contributed by atoms with Crippen LogP contribution in [0.2, 0.25) is 0 Å². The molecule has 0 atom stereocenters. The average Bonchev–Trinajstić information content (AvgIpc) is 3.38. The van der Waals surface area contributed by atoms with E-state index in [-0.39, 0.29) is 17.7 Å². The fourth-order valence-corrected chi connectivity index (χ4v) is 3.69. The van der Waals surface area contributed by atoms with Crippen LogP contribution in [-0.2, 0) is 9.59 Å². The van der Waals surface area contributed by atoms with Crippen LogP contribution in [0.4, 0.5) is 0 Å². The molecule has 1 heterocycles. The highest BCUT2D eigenvalue weighted by Crippen LogP contribution is 2.31. The van der Waals surface area contributed by atoms with Gasteiger partial charge in [-0.2, -0.15) is 0 Å². The van der Waals surface area contributed by atoms with Crippen LogP contribution in [0.5, 0.6) is 0 Å². The summed E-state index contributed by atoms with van der Waals surface area (Å²) in [5.74, 6) is 0.849. The third kappa shape index (κ3) is 3.80. The van der Waals surface area contributed by atoms with Gasteiger partial charge in [0.05, 0.1) is 0 Å². The lowest BCUT2D eigenvalue weighted by Crippen LogP contribution is -2.50. The van der Waals surface area contributed by atoms with Gasteiger partial charge >= 0.3 is 0 Å². The monoisotopic (exact) mass is 307 g/mol. The van der Waals surface area contributed by atoms with Gasteiger partial charge in [-0.25, -0.2) is 0 Å². The van der Waals surface area contributed by atoms with Crippen molar-refractivity contribution in [3.63, 3.8) is 0 Å². The summed E-state index contributed by atoms with van der Waals surface area (Å²) in [5.41, 5.74) is 0. The fraction of sp³-hybridized carbons (Fsp3) is 0.882. The molecule has 3 fully saturated rings. The number of likely N-dealkylation sites (N-methyl/N-ethyl adjacent to an activating group) is 1. The molecule has 3 aliphatic rings. The van der Waals surface area contributed by atoms with Gasteiger partial charge in [-0.3, -0.25) is 9.59 Å². The van der Waals surface area contributed by atoms with Gasteiger partial charge in [-0.15, -0.1) is 0 Å². The van der Waals surface area contributed by atoms with Crippen LogP contribution >= 0.6 is 0 Å². The molecule has 1 saturated heterocycles. The van der Waals surface area contributed by atoms with Gasteiger partial charge < -0.3 is 15.1 Å². The molecule has 2 aliphatic carbocycles. The second-order valence-corrected chi connectivity index (χ2v) is 7.09. The Bertz CT molecular complexity index is 406. The van der Waals surface area contributed by atoms with Crippen LogP contribution in [0.3, 0.4) is 0 Å². The lowest BCUT2D eigenvalue weighted by Gasteiger charge is -2.37. The summed E-state index contributed by atoms with van der Waals surface area (Å²) in [6, 6.07) is 0.446. The SMILES string of the molecule is CCN1CCN(C(=O)C2CCC(C(=O)NC3CC3)CC2)CC1. The Morgan fingerprint density at radius 3 is 2.05 bits per heavy atom. The summed E-state index contributed by atoms with van der Waals surface area (Å²) in [7, 11) is 0. The number of amides is 2. The Morgan fingerprint density at radius 2 is 1.50 bits per heavy atom. The standard InChI is InChI=1S/C17H29N3O2/c1-2-19-9-11-20(12-10-19)17(22)14-5-3-13(4-6-14)16(21)18-15-7-8-15/h13-15H,2-12H2,1H3,(H,18,21). The van der Waals surface area contributed by atoms with Crippen LogP contribution in [0.1, 0.15) is 45.4 Å². The normalized spacial score (nSPS) is 30.1. The highest BCUT2D eigenvalue weighted by Gasteiger charge is 2.34. The van der Waals surface area contributed by atoms with E-state index in [9.17, 15) is 9.59 Å². The van der Waals surface area contributed by atoms with Gasteiger partial charge in [-0.05, 0) is 45.1 Å². The Balaban J connectivity index is 1.42. The van der Waals surface area contributed by atoms with Crippen molar-refractivity contribution in [1.82, 2.24) is 15.1 Å². The highest BCUT2D eigenvalue weighted by molar-refractivity contribution is 5.81. The molecule has 22 heavy (non-hydrogen) atoms. The molecule has 2 saturated carbocycles. The second kappa shape index (κ2) is 6.99. The molecule has 1 N–H and O–H groups in total. The van der Waals surface area contributed by atoms with E-state index in [2.05, 4.69) is 17.1 Å². The summed E-state index contributed by atoms with van der Waals surface area (Å²) in [6.07, 6.45) is 5.81. The van der Waals surface area contributed by atoms with Gasteiger partial charge in [0, 0.05) is 44.1 Å². The maximum Gasteiger partial charge on any atom is 0.225 e. The third-order valence-corrected chi connectivity index (χ3v) is 5.50. The molecule has 0 aromatic rings. The minimum absolute atomic E-state index is 0.140. The number of hydrogen-bond donors (Lipinski definition) is 1. The van der Waals surface area contributed by atoms with Gasteiger partial charge in [0.2, 0.25) is 11.8 Å². The van der Waals surface area contributed by atoms with Crippen LogP contribution in [0, 0.1) is 11.8 Å². The lowest BCUT2D eigenvalue weighted by atomic mass is 9.81. The number of carbonyl (C=O) groups excluding carboxylic acids is 2. The van der Waals surface area contributed by atoms with Crippen molar-refractivity contribution in [2.75, 3.05) is 32.7 Å². The average molecular weight is 307 g/mol. The molecule has 1 aliphatic heterocycles. The topological polar surface area (TPSA) is 52.7 Å². The third-order valence-electron chi connectivity index (χ3n) is 5.50. The molecule has 124 valence electrons. The van der Waals surface area contributed by atoms with Crippen molar-refractivity contribution in [2.45, 2.75) is 51.5 Å². The molecule has 5 nitrogen and oxygen atoms in total. The van der Waals surface area contributed by atoms with Gasteiger partial charge in [0.15, 0.2) is 0 Å². The lowest BCUT2D eigenvalue weighted by molar-refractivity contribution is -0.140. The van der Waals surface area contributed by atoms with Crippen LogP contribution < -0.4 is 5.32 Å². The van der Waals surface area contributed by atoms with Crippen molar-refractivity contribution in [2.24, 2.45) is 11.8 Å². The Kier molecular flexibility index (Phi) is 5.01. The van der Waals surface area contributed by atoms with Crippen molar-refractivity contribution in [1.29, 1.82) is 0 Å². The van der Waals surface area contributed by atoms with E-state index >= 15 is 0 Å². The maximum atomic E-state index is 12.6. The Hall–Kier alpha value is -1.10. The number of nitrogens with zero attached hydrogens (tertiary/aromatic N) is 2. The summed E-state index contributed by atoms with van der Waals surface area (Å²) >= 11 is 0. The zero-order valence-corrected chi connectivity index (χ0v) is 13.7. The van der Waals surface area contributed by atoms with Crippen molar-refractivity contribution < 1.29 is 9.59 Å². The first-order chi connectivity index (χ1) is 10.7. The predicted molar refractivity (Wildman–Crippen MR) is 85.3 cm³/mol. The molecule has 5 heteroatoms. The molecule has 0 aromatic carbocycles. The molecule has 2 amide bonds. The number of hydrogen-bond acceptors (Lipinski definition) is 3. The van der Waals surface area contributed by atoms with Crippen LogP contribution in [-0.4, -0.2) is 60.4 Å². The quantitative estimate of drug-likeness (QED) is 0.850. The number of nitrogens with one attached hydrogen (secondary N) is 1. The van der Waals surface area contributed by atoms with Crippen LogP contribution in [0.15, 0.2) is 0 Å². The van der Waals surface area contributed by atoms with Gasteiger partial charge in [0.1, 0.15) is 0 Å². The summed E-state index contributed by atoms with van der Waals surface area (Å²) in [4.78, 5) is 29.1.